The van der Waals surface area contributed by atoms with Gasteiger partial charge in [-0.25, -0.2) is 0 Å². The molecule has 0 aliphatic carbocycles. The van der Waals surface area contributed by atoms with E-state index in [1.807, 2.05) is 6.07 Å². The fourth-order valence-corrected chi connectivity index (χ4v) is 2.45. The first kappa shape index (κ1) is 13.3. The number of hydrogen-bond donors (Lipinski definition) is 1. The second-order valence-electron chi connectivity index (χ2n) is 4.68. The molecule has 19 heavy (non-hydrogen) atoms. The van der Waals surface area contributed by atoms with Crippen LogP contribution in [0, 0.1) is 27.4 Å². The molecule has 0 radical (unpaired) electrons. The summed E-state index contributed by atoms with van der Waals surface area (Å²) in [6, 6.07) is 6.52. The van der Waals surface area contributed by atoms with Crippen molar-refractivity contribution in [3.8, 4) is 6.07 Å². The fourth-order valence-electron chi connectivity index (χ4n) is 2.45. The monoisotopic (exact) mass is 261 g/mol. The zero-order valence-electron chi connectivity index (χ0n) is 10.5. The number of nitriles is 1. The summed E-state index contributed by atoms with van der Waals surface area (Å²) >= 11 is 0. The van der Waals surface area contributed by atoms with E-state index in [0.29, 0.717) is 5.92 Å². The second kappa shape index (κ2) is 5.67. The molecule has 2 rings (SSSR count). The molecular weight excluding hydrogens is 246 g/mol. The Bertz CT molecular complexity index is 524. The molecule has 0 amide bonds. The van der Waals surface area contributed by atoms with Crippen LogP contribution in [0.2, 0.25) is 0 Å². The highest BCUT2D eigenvalue weighted by Gasteiger charge is 2.24. The number of nitro benzene ring substituents is 1. The molecule has 1 aliphatic heterocycles. The molecule has 1 N–H and O–H groups in total. The lowest BCUT2D eigenvalue weighted by molar-refractivity contribution is -0.385. The summed E-state index contributed by atoms with van der Waals surface area (Å²) in [4.78, 5) is 12.5. The predicted octanol–water partition coefficient (Wildman–Crippen LogP) is 1.68. The molecule has 1 unspecified atom stereocenters. The highest BCUT2D eigenvalue weighted by Crippen LogP contribution is 2.29. The number of hydrogen-bond acceptors (Lipinski definition) is 5. The Kier molecular flexibility index (Phi) is 3.97. The number of nitrogens with zero attached hydrogens (tertiary/aromatic N) is 3. The van der Waals surface area contributed by atoms with Crippen LogP contribution in [0.3, 0.4) is 0 Å². The van der Waals surface area contributed by atoms with Gasteiger partial charge in [0.2, 0.25) is 0 Å². The van der Waals surface area contributed by atoms with Gasteiger partial charge in [0.05, 0.1) is 4.92 Å². The van der Waals surface area contributed by atoms with Crippen molar-refractivity contribution in [3.63, 3.8) is 0 Å². The van der Waals surface area contributed by atoms with E-state index >= 15 is 0 Å². The maximum absolute atomic E-state index is 10.9. The van der Waals surface area contributed by atoms with Crippen molar-refractivity contribution in [3.05, 3.63) is 33.9 Å². The zero-order valence-corrected chi connectivity index (χ0v) is 10.5. The minimum absolute atomic E-state index is 0.0832. The summed E-state index contributed by atoms with van der Waals surface area (Å²) in [6.07, 6.45) is 1.74. The lowest BCUT2D eigenvalue weighted by Crippen LogP contribution is -2.20. The largest absolute Gasteiger partial charge is 0.396 e. The van der Waals surface area contributed by atoms with Crippen LogP contribution in [-0.4, -0.2) is 29.7 Å². The quantitative estimate of drug-likeness (QED) is 0.657. The van der Waals surface area contributed by atoms with Crippen LogP contribution in [0.4, 0.5) is 11.4 Å². The van der Waals surface area contributed by atoms with Crippen LogP contribution in [0.5, 0.6) is 0 Å². The highest BCUT2D eigenvalue weighted by molar-refractivity contribution is 5.60. The summed E-state index contributed by atoms with van der Waals surface area (Å²) in [5, 5.41) is 28.7. The van der Waals surface area contributed by atoms with Gasteiger partial charge >= 0.3 is 0 Å². The van der Waals surface area contributed by atoms with Crippen molar-refractivity contribution in [2.24, 2.45) is 5.92 Å². The predicted molar refractivity (Wildman–Crippen MR) is 69.8 cm³/mol. The van der Waals surface area contributed by atoms with Crippen molar-refractivity contribution in [1.82, 2.24) is 0 Å². The van der Waals surface area contributed by atoms with E-state index in [9.17, 15) is 10.1 Å². The number of anilines is 1. The average molecular weight is 261 g/mol. The van der Waals surface area contributed by atoms with Gasteiger partial charge in [-0.3, -0.25) is 10.1 Å². The number of aliphatic hydroxyl groups is 1. The third-order valence-corrected chi connectivity index (χ3v) is 3.49. The molecule has 1 aliphatic rings. The number of aliphatic hydroxyl groups excluding tert-OH is 1. The fraction of sp³-hybridized carbons (Fsp3) is 0.462. The third kappa shape index (κ3) is 2.83. The van der Waals surface area contributed by atoms with Gasteiger partial charge in [0, 0.05) is 31.5 Å². The SMILES string of the molecule is N#Cc1ccc(N2CCC(CCO)C2)cc1[N+](=O)[O-]. The summed E-state index contributed by atoms with van der Waals surface area (Å²) in [5.41, 5.74) is 0.705. The maximum Gasteiger partial charge on any atom is 0.289 e. The Morgan fingerprint density at radius 2 is 2.37 bits per heavy atom. The van der Waals surface area contributed by atoms with E-state index in [4.69, 9.17) is 10.4 Å². The van der Waals surface area contributed by atoms with Crippen LogP contribution in [0.15, 0.2) is 18.2 Å². The molecular formula is C13H15N3O3. The summed E-state index contributed by atoms with van der Waals surface area (Å²) in [5.74, 6) is 0.430. The average Bonchev–Trinajstić information content (AvgIpc) is 2.87. The standard InChI is InChI=1S/C13H15N3O3/c14-8-11-1-2-12(7-13(11)16(18)19)15-5-3-10(9-15)4-6-17/h1-2,7,10,17H,3-6,9H2. The first-order valence-electron chi connectivity index (χ1n) is 6.20. The molecule has 1 fully saturated rings. The summed E-state index contributed by atoms with van der Waals surface area (Å²) < 4.78 is 0. The van der Waals surface area contributed by atoms with Gasteiger partial charge in [0.1, 0.15) is 11.6 Å². The lowest BCUT2D eigenvalue weighted by Gasteiger charge is -2.18. The molecule has 0 bridgehead atoms. The molecule has 0 spiro atoms. The van der Waals surface area contributed by atoms with E-state index in [1.54, 1.807) is 6.07 Å². The van der Waals surface area contributed by atoms with E-state index < -0.39 is 4.92 Å². The molecule has 100 valence electrons. The molecule has 1 saturated heterocycles. The summed E-state index contributed by atoms with van der Waals surface area (Å²) in [6.45, 7) is 1.80. The van der Waals surface area contributed by atoms with Crippen molar-refractivity contribution in [1.29, 1.82) is 5.26 Å². The number of nitro groups is 1. The summed E-state index contributed by atoms with van der Waals surface area (Å²) in [7, 11) is 0. The number of rotatable bonds is 4. The second-order valence-corrected chi connectivity index (χ2v) is 4.68. The molecule has 6 heteroatoms. The van der Waals surface area contributed by atoms with Crippen molar-refractivity contribution in [2.75, 3.05) is 24.6 Å². The molecule has 1 heterocycles. The van der Waals surface area contributed by atoms with Crippen LogP contribution in [0.25, 0.3) is 0 Å². The highest BCUT2D eigenvalue weighted by atomic mass is 16.6. The maximum atomic E-state index is 10.9. The van der Waals surface area contributed by atoms with Gasteiger partial charge in [-0.1, -0.05) is 0 Å². The van der Waals surface area contributed by atoms with Crippen LogP contribution >= 0.6 is 0 Å². The Morgan fingerprint density at radius 3 is 3.00 bits per heavy atom. The molecule has 0 aromatic heterocycles. The van der Waals surface area contributed by atoms with E-state index in [-0.39, 0.29) is 17.9 Å². The first-order valence-corrected chi connectivity index (χ1v) is 6.20. The van der Waals surface area contributed by atoms with Crippen LogP contribution in [0.1, 0.15) is 18.4 Å². The van der Waals surface area contributed by atoms with E-state index in [2.05, 4.69) is 4.90 Å². The van der Waals surface area contributed by atoms with Crippen LogP contribution < -0.4 is 4.90 Å². The van der Waals surface area contributed by atoms with E-state index in [1.165, 1.54) is 12.1 Å². The molecule has 6 nitrogen and oxygen atoms in total. The smallest absolute Gasteiger partial charge is 0.289 e. The van der Waals surface area contributed by atoms with Crippen molar-refractivity contribution in [2.45, 2.75) is 12.8 Å². The van der Waals surface area contributed by atoms with Gasteiger partial charge < -0.3 is 10.0 Å². The Labute approximate surface area is 111 Å². The van der Waals surface area contributed by atoms with E-state index in [0.717, 1.165) is 31.6 Å². The van der Waals surface area contributed by atoms with Gasteiger partial charge in [0.15, 0.2) is 0 Å². The topological polar surface area (TPSA) is 90.4 Å². The normalized spacial score (nSPS) is 18.3. The van der Waals surface area contributed by atoms with Gasteiger partial charge in [0.25, 0.3) is 5.69 Å². The Morgan fingerprint density at radius 1 is 1.58 bits per heavy atom. The Balaban J connectivity index is 2.20. The van der Waals surface area contributed by atoms with Crippen LogP contribution in [-0.2, 0) is 0 Å². The van der Waals surface area contributed by atoms with Gasteiger partial charge in [-0.05, 0) is 30.9 Å². The zero-order chi connectivity index (χ0) is 13.8. The van der Waals surface area contributed by atoms with Crippen molar-refractivity contribution >= 4 is 11.4 Å². The van der Waals surface area contributed by atoms with Gasteiger partial charge in [-0.15, -0.1) is 0 Å². The van der Waals surface area contributed by atoms with Crippen molar-refractivity contribution < 1.29 is 10.0 Å². The minimum atomic E-state index is -0.524. The molecule has 1 aromatic rings. The first-order chi connectivity index (χ1) is 9.15. The molecule has 1 atom stereocenters. The molecule has 0 saturated carbocycles. The number of benzene rings is 1. The lowest BCUT2D eigenvalue weighted by atomic mass is 10.1. The van der Waals surface area contributed by atoms with Gasteiger partial charge in [-0.2, -0.15) is 5.26 Å². The minimum Gasteiger partial charge on any atom is -0.396 e. The molecule has 1 aromatic carbocycles. The third-order valence-electron chi connectivity index (χ3n) is 3.49. The Hall–Kier alpha value is -2.13.